The molecule has 0 radical (unpaired) electrons. The molecule has 1 atom stereocenters. The Morgan fingerprint density at radius 2 is 1.92 bits per heavy atom. The van der Waals surface area contributed by atoms with Crippen molar-refractivity contribution < 1.29 is 22.3 Å². The van der Waals surface area contributed by atoms with E-state index in [0.29, 0.717) is 11.3 Å². The Balaban J connectivity index is 1.97. The predicted octanol–water partition coefficient (Wildman–Crippen LogP) is 2.13. The predicted molar refractivity (Wildman–Crippen MR) is 91.1 cm³/mol. The average Bonchev–Trinajstić information content (AvgIpc) is 2.62. The van der Waals surface area contributed by atoms with E-state index in [9.17, 15) is 17.6 Å². The minimum Gasteiger partial charge on any atom is -0.481 e. The van der Waals surface area contributed by atoms with Crippen molar-refractivity contribution in [2.75, 3.05) is 0 Å². The largest absolute Gasteiger partial charge is 0.481 e. The molecule has 10 heteroatoms. The lowest BCUT2D eigenvalue weighted by atomic mass is 10.2. The first-order valence-electron chi connectivity index (χ1n) is 7.16. The summed E-state index contributed by atoms with van der Waals surface area (Å²) in [5, 5.41) is 8.36. The molecule has 7 nitrogen and oxygen atoms in total. The first kappa shape index (κ1) is 19.7. The molecule has 2 rings (SSSR count). The summed E-state index contributed by atoms with van der Waals surface area (Å²) >= 11 is 5.55. The molecule has 0 fully saturated rings. The number of halogens is 2. The van der Waals surface area contributed by atoms with Crippen molar-refractivity contribution in [3.05, 3.63) is 58.9 Å². The molecular formula is C16H13ClFN3O4S. The van der Waals surface area contributed by atoms with Crippen LogP contribution in [0.15, 0.2) is 47.4 Å². The maximum absolute atomic E-state index is 13.1. The Labute approximate surface area is 154 Å². The van der Waals surface area contributed by atoms with Gasteiger partial charge in [0.05, 0.1) is 21.6 Å². The number of carbonyl (C=O) groups excluding carboxylic acids is 1. The number of rotatable bonds is 6. The van der Waals surface area contributed by atoms with Crippen LogP contribution in [0.1, 0.15) is 12.5 Å². The van der Waals surface area contributed by atoms with Crippen molar-refractivity contribution in [2.24, 2.45) is 0 Å². The minimum absolute atomic E-state index is 0.315. The molecule has 0 aliphatic heterocycles. The van der Waals surface area contributed by atoms with Crippen LogP contribution in [0.3, 0.4) is 0 Å². The Morgan fingerprint density at radius 1 is 1.27 bits per heavy atom. The second kappa shape index (κ2) is 8.14. The zero-order valence-corrected chi connectivity index (χ0v) is 14.9. The summed E-state index contributed by atoms with van der Waals surface area (Å²) in [7, 11) is -4.13. The highest BCUT2D eigenvalue weighted by Gasteiger charge is 2.20. The highest BCUT2D eigenvalue weighted by Crippen LogP contribution is 2.19. The quantitative estimate of drug-likeness (QED) is 0.726. The van der Waals surface area contributed by atoms with Gasteiger partial charge in [0, 0.05) is 0 Å². The molecule has 0 saturated heterocycles. The van der Waals surface area contributed by atoms with Gasteiger partial charge in [0.2, 0.25) is 0 Å². The smallest absolute Gasteiger partial charge is 0.275 e. The summed E-state index contributed by atoms with van der Waals surface area (Å²) in [5.74, 6) is -1.19. The van der Waals surface area contributed by atoms with E-state index >= 15 is 0 Å². The number of hydrazine groups is 1. The summed E-state index contributed by atoms with van der Waals surface area (Å²) in [4.78, 5) is 13.5. The number of nitriles is 1. The zero-order chi connectivity index (χ0) is 19.3. The van der Waals surface area contributed by atoms with Crippen LogP contribution in [0.2, 0.25) is 5.02 Å². The van der Waals surface area contributed by atoms with Crippen LogP contribution < -0.4 is 15.0 Å². The van der Waals surface area contributed by atoms with Crippen LogP contribution >= 0.6 is 11.6 Å². The van der Waals surface area contributed by atoms with E-state index in [1.165, 1.54) is 31.2 Å². The van der Waals surface area contributed by atoms with E-state index in [1.54, 1.807) is 0 Å². The molecule has 0 spiro atoms. The molecule has 26 heavy (non-hydrogen) atoms. The van der Waals surface area contributed by atoms with E-state index in [2.05, 4.69) is 0 Å². The highest BCUT2D eigenvalue weighted by molar-refractivity contribution is 7.89. The van der Waals surface area contributed by atoms with E-state index < -0.39 is 27.9 Å². The van der Waals surface area contributed by atoms with Gasteiger partial charge in [-0.1, -0.05) is 11.6 Å². The van der Waals surface area contributed by atoms with Gasteiger partial charge in [0.25, 0.3) is 15.9 Å². The van der Waals surface area contributed by atoms with Crippen molar-refractivity contribution >= 4 is 27.5 Å². The van der Waals surface area contributed by atoms with E-state index in [1.807, 2.05) is 16.3 Å². The Bertz CT molecular complexity index is 958. The zero-order valence-electron chi connectivity index (χ0n) is 13.4. The first-order valence-corrected chi connectivity index (χ1v) is 9.02. The molecule has 136 valence electrons. The van der Waals surface area contributed by atoms with Gasteiger partial charge in [-0.25, -0.2) is 12.8 Å². The van der Waals surface area contributed by atoms with Gasteiger partial charge in [0.15, 0.2) is 6.10 Å². The fourth-order valence-corrected chi connectivity index (χ4v) is 2.91. The molecule has 0 aliphatic rings. The van der Waals surface area contributed by atoms with Crippen molar-refractivity contribution in [1.82, 2.24) is 10.3 Å². The number of carbonyl (C=O) groups is 1. The molecule has 2 N–H and O–H groups in total. The Kier molecular flexibility index (Phi) is 6.15. The molecule has 0 unspecified atom stereocenters. The average molecular weight is 398 g/mol. The van der Waals surface area contributed by atoms with E-state index in [-0.39, 0.29) is 9.92 Å². The molecule has 0 aromatic heterocycles. The molecular weight excluding hydrogens is 385 g/mol. The maximum Gasteiger partial charge on any atom is 0.275 e. The SMILES string of the molecule is C[C@@H](Oc1ccc(C#N)cc1)C(=O)NNS(=O)(=O)c1ccc(F)c(Cl)c1. The van der Waals surface area contributed by atoms with E-state index in [4.69, 9.17) is 21.6 Å². The second-order valence-corrected chi connectivity index (χ2v) is 7.16. The molecule has 2 aromatic carbocycles. The lowest BCUT2D eigenvalue weighted by Crippen LogP contribution is -2.47. The minimum atomic E-state index is -4.13. The van der Waals surface area contributed by atoms with Gasteiger partial charge in [0.1, 0.15) is 11.6 Å². The molecule has 2 aromatic rings. The molecule has 1 amide bonds. The van der Waals surface area contributed by atoms with Gasteiger partial charge < -0.3 is 4.74 Å². The number of nitrogens with one attached hydrogen (secondary N) is 2. The highest BCUT2D eigenvalue weighted by atomic mass is 35.5. The summed E-state index contributed by atoms with van der Waals surface area (Å²) < 4.78 is 42.6. The van der Waals surface area contributed by atoms with Crippen LogP contribution in [0, 0.1) is 17.1 Å². The fraction of sp³-hybridized carbons (Fsp3) is 0.125. The molecule has 0 aliphatic carbocycles. The monoisotopic (exact) mass is 397 g/mol. The van der Waals surface area contributed by atoms with Crippen LogP contribution in [0.5, 0.6) is 5.75 Å². The Hall–Kier alpha value is -2.67. The van der Waals surface area contributed by atoms with E-state index in [0.717, 1.165) is 18.2 Å². The van der Waals surface area contributed by atoms with Gasteiger partial charge in [-0.05, 0) is 49.4 Å². The van der Waals surface area contributed by atoms with Crippen molar-refractivity contribution in [3.63, 3.8) is 0 Å². The van der Waals surface area contributed by atoms with Gasteiger partial charge >= 0.3 is 0 Å². The van der Waals surface area contributed by atoms with Crippen LogP contribution in [-0.4, -0.2) is 20.4 Å². The number of amides is 1. The van der Waals surface area contributed by atoms with Crippen LogP contribution in [0.25, 0.3) is 0 Å². The third-order valence-corrected chi connectivity index (χ3v) is 4.71. The van der Waals surface area contributed by atoms with Crippen LogP contribution in [0.4, 0.5) is 4.39 Å². The Morgan fingerprint density at radius 3 is 2.50 bits per heavy atom. The maximum atomic E-state index is 13.1. The number of hydrogen-bond donors (Lipinski definition) is 2. The van der Waals surface area contributed by atoms with Crippen molar-refractivity contribution in [1.29, 1.82) is 5.26 Å². The third kappa shape index (κ3) is 4.92. The number of nitrogens with zero attached hydrogens (tertiary/aromatic N) is 1. The van der Waals surface area contributed by atoms with Crippen molar-refractivity contribution in [3.8, 4) is 11.8 Å². The fourth-order valence-electron chi connectivity index (χ4n) is 1.79. The normalized spacial score (nSPS) is 12.1. The number of hydrogen-bond acceptors (Lipinski definition) is 5. The number of ether oxygens (including phenoxy) is 1. The van der Waals surface area contributed by atoms with Crippen molar-refractivity contribution in [2.45, 2.75) is 17.9 Å². The summed E-state index contributed by atoms with van der Waals surface area (Å²) in [6.45, 7) is 1.41. The lowest BCUT2D eigenvalue weighted by molar-refractivity contribution is -0.127. The second-order valence-electron chi connectivity index (χ2n) is 5.07. The first-order chi connectivity index (χ1) is 12.2. The molecule has 0 saturated carbocycles. The van der Waals surface area contributed by atoms with Gasteiger partial charge in [-0.15, -0.1) is 4.83 Å². The van der Waals surface area contributed by atoms with Gasteiger partial charge in [-0.2, -0.15) is 5.26 Å². The summed E-state index contributed by atoms with van der Waals surface area (Å²) in [6, 6.07) is 10.8. The topological polar surface area (TPSA) is 108 Å². The van der Waals surface area contributed by atoms with Gasteiger partial charge in [-0.3, -0.25) is 10.2 Å². The summed E-state index contributed by atoms with van der Waals surface area (Å²) in [6.07, 6.45) is -1.03. The molecule has 0 heterocycles. The lowest BCUT2D eigenvalue weighted by Gasteiger charge is -2.15. The number of benzene rings is 2. The van der Waals surface area contributed by atoms with Crippen LogP contribution in [-0.2, 0) is 14.8 Å². The number of sulfonamides is 1. The molecule has 0 bridgehead atoms. The summed E-state index contributed by atoms with van der Waals surface area (Å²) in [5.41, 5.74) is 2.44. The standard InChI is InChI=1S/C16H13ClFN3O4S/c1-10(25-12-4-2-11(9-19)3-5-12)16(22)20-21-26(23,24)13-6-7-15(18)14(17)8-13/h2-8,10,21H,1H3,(H,20,22)/t10-/m1/s1. The third-order valence-electron chi connectivity index (χ3n) is 3.18.